The SMILES string of the molecule is NC(=O)CC(O)C(O)c1ccc([N+](=O)[O-])c(N)c1. The first-order chi connectivity index (χ1) is 8.32. The van der Waals surface area contributed by atoms with E-state index in [4.69, 9.17) is 11.5 Å². The predicted octanol–water partition coefficient (Wildman–Crippen LogP) is -0.553. The Morgan fingerprint density at radius 2 is 2.06 bits per heavy atom. The van der Waals surface area contributed by atoms with E-state index in [1.807, 2.05) is 0 Å². The molecule has 0 bridgehead atoms. The van der Waals surface area contributed by atoms with E-state index in [0.717, 1.165) is 6.07 Å². The summed E-state index contributed by atoms with van der Waals surface area (Å²) in [4.78, 5) is 20.5. The van der Waals surface area contributed by atoms with Gasteiger partial charge in [-0.05, 0) is 17.7 Å². The molecule has 0 saturated carbocycles. The summed E-state index contributed by atoms with van der Waals surface area (Å²) in [6.45, 7) is 0. The Hall–Kier alpha value is -2.19. The number of carbonyl (C=O) groups excluding carboxylic acids is 1. The first-order valence-corrected chi connectivity index (χ1v) is 5.01. The average Bonchev–Trinajstić information content (AvgIpc) is 2.26. The lowest BCUT2D eigenvalue weighted by molar-refractivity contribution is -0.383. The monoisotopic (exact) mass is 255 g/mol. The van der Waals surface area contributed by atoms with Crippen molar-refractivity contribution in [3.8, 4) is 0 Å². The number of rotatable bonds is 5. The highest BCUT2D eigenvalue weighted by Crippen LogP contribution is 2.27. The Bertz CT molecular complexity index is 477. The Labute approximate surface area is 102 Å². The van der Waals surface area contributed by atoms with Crippen LogP contribution in [0.4, 0.5) is 11.4 Å². The number of nitrogens with two attached hydrogens (primary N) is 2. The molecule has 0 spiro atoms. The summed E-state index contributed by atoms with van der Waals surface area (Å²) in [5.74, 6) is -0.767. The molecule has 98 valence electrons. The van der Waals surface area contributed by atoms with Crippen LogP contribution >= 0.6 is 0 Å². The van der Waals surface area contributed by atoms with Gasteiger partial charge >= 0.3 is 0 Å². The molecule has 8 nitrogen and oxygen atoms in total. The van der Waals surface area contributed by atoms with Gasteiger partial charge < -0.3 is 21.7 Å². The molecule has 0 heterocycles. The molecule has 18 heavy (non-hydrogen) atoms. The minimum absolute atomic E-state index is 0.136. The van der Waals surface area contributed by atoms with Crippen LogP contribution in [0.3, 0.4) is 0 Å². The van der Waals surface area contributed by atoms with Crippen LogP contribution in [0.1, 0.15) is 18.1 Å². The number of anilines is 1. The molecule has 1 rings (SSSR count). The van der Waals surface area contributed by atoms with Crippen molar-refractivity contribution in [2.45, 2.75) is 18.6 Å². The van der Waals surface area contributed by atoms with E-state index in [9.17, 15) is 25.1 Å². The molecule has 0 radical (unpaired) electrons. The molecule has 0 saturated heterocycles. The van der Waals surface area contributed by atoms with Gasteiger partial charge in [-0.1, -0.05) is 0 Å². The van der Waals surface area contributed by atoms with Crippen LogP contribution in [0.15, 0.2) is 18.2 Å². The third-order valence-corrected chi connectivity index (χ3v) is 2.36. The minimum Gasteiger partial charge on any atom is -0.393 e. The highest BCUT2D eigenvalue weighted by molar-refractivity contribution is 5.74. The van der Waals surface area contributed by atoms with Crippen molar-refractivity contribution < 1.29 is 19.9 Å². The van der Waals surface area contributed by atoms with Crippen molar-refractivity contribution in [2.24, 2.45) is 5.73 Å². The highest BCUT2D eigenvalue weighted by atomic mass is 16.6. The third-order valence-electron chi connectivity index (χ3n) is 2.36. The molecule has 0 aliphatic carbocycles. The van der Waals surface area contributed by atoms with Gasteiger partial charge in [0.1, 0.15) is 11.8 Å². The van der Waals surface area contributed by atoms with Gasteiger partial charge in [-0.2, -0.15) is 0 Å². The first kappa shape index (κ1) is 13.9. The van der Waals surface area contributed by atoms with Crippen molar-refractivity contribution in [1.29, 1.82) is 0 Å². The standard InChI is InChI=1S/C10H13N3O5/c11-6-3-5(1-2-7(6)13(17)18)10(16)8(14)4-9(12)15/h1-3,8,10,14,16H,4,11H2,(H2,12,15). The highest BCUT2D eigenvalue weighted by Gasteiger charge is 2.22. The molecule has 1 amide bonds. The van der Waals surface area contributed by atoms with Crippen LogP contribution in [0.2, 0.25) is 0 Å². The smallest absolute Gasteiger partial charge is 0.292 e. The van der Waals surface area contributed by atoms with Crippen LogP contribution in [0, 0.1) is 10.1 Å². The maximum atomic E-state index is 10.6. The summed E-state index contributed by atoms with van der Waals surface area (Å²) in [6.07, 6.45) is -3.19. The fourth-order valence-electron chi connectivity index (χ4n) is 1.46. The second-order valence-corrected chi connectivity index (χ2v) is 3.76. The zero-order valence-electron chi connectivity index (χ0n) is 9.31. The number of amides is 1. The molecule has 2 unspecified atom stereocenters. The number of benzene rings is 1. The molecule has 2 atom stereocenters. The van der Waals surface area contributed by atoms with Crippen LogP contribution in [0.25, 0.3) is 0 Å². The molecule has 6 N–H and O–H groups in total. The van der Waals surface area contributed by atoms with Gasteiger partial charge in [-0.25, -0.2) is 0 Å². The van der Waals surface area contributed by atoms with E-state index in [1.54, 1.807) is 0 Å². The summed E-state index contributed by atoms with van der Waals surface area (Å²) in [6, 6.07) is 3.54. The maximum absolute atomic E-state index is 10.6. The van der Waals surface area contributed by atoms with Crippen molar-refractivity contribution in [3.63, 3.8) is 0 Å². The number of carbonyl (C=O) groups is 1. The summed E-state index contributed by atoms with van der Waals surface area (Å²) in [7, 11) is 0. The summed E-state index contributed by atoms with van der Waals surface area (Å²) in [5, 5.41) is 29.7. The largest absolute Gasteiger partial charge is 0.393 e. The molecule has 0 fully saturated rings. The lowest BCUT2D eigenvalue weighted by Gasteiger charge is -2.17. The van der Waals surface area contributed by atoms with E-state index in [0.29, 0.717) is 0 Å². The van der Waals surface area contributed by atoms with Gasteiger partial charge in [0.2, 0.25) is 5.91 Å². The lowest BCUT2D eigenvalue weighted by atomic mass is 10.0. The van der Waals surface area contributed by atoms with Crippen LogP contribution in [-0.2, 0) is 4.79 Å². The van der Waals surface area contributed by atoms with Crippen molar-refractivity contribution in [3.05, 3.63) is 33.9 Å². The van der Waals surface area contributed by atoms with Gasteiger partial charge in [-0.15, -0.1) is 0 Å². The van der Waals surface area contributed by atoms with Gasteiger partial charge in [-0.3, -0.25) is 14.9 Å². The number of nitrogens with zero attached hydrogens (tertiary/aromatic N) is 1. The summed E-state index contributed by atoms with van der Waals surface area (Å²) >= 11 is 0. The Balaban J connectivity index is 2.93. The number of hydrogen-bond donors (Lipinski definition) is 4. The fraction of sp³-hybridized carbons (Fsp3) is 0.300. The van der Waals surface area contributed by atoms with Gasteiger partial charge in [0.05, 0.1) is 17.4 Å². The minimum atomic E-state index is -1.39. The van der Waals surface area contributed by atoms with E-state index in [1.165, 1.54) is 12.1 Å². The Morgan fingerprint density at radius 3 is 2.50 bits per heavy atom. The van der Waals surface area contributed by atoms with E-state index < -0.39 is 29.5 Å². The van der Waals surface area contributed by atoms with Crippen molar-refractivity contribution >= 4 is 17.3 Å². The van der Waals surface area contributed by atoms with Gasteiger partial charge in [0, 0.05) is 6.07 Å². The number of aliphatic hydroxyl groups excluding tert-OH is 2. The summed E-state index contributed by atoms with van der Waals surface area (Å²) < 4.78 is 0. The molecule has 0 aromatic heterocycles. The molecule has 0 aliphatic heterocycles. The second kappa shape index (κ2) is 5.43. The zero-order chi connectivity index (χ0) is 13.9. The number of nitrogen functional groups attached to an aromatic ring is 1. The van der Waals surface area contributed by atoms with E-state index >= 15 is 0 Å². The number of primary amides is 1. The zero-order valence-corrected chi connectivity index (χ0v) is 9.31. The molecule has 0 aliphatic rings. The van der Waals surface area contributed by atoms with Crippen LogP contribution in [0.5, 0.6) is 0 Å². The second-order valence-electron chi connectivity index (χ2n) is 3.76. The van der Waals surface area contributed by atoms with E-state index in [-0.39, 0.29) is 16.9 Å². The lowest BCUT2D eigenvalue weighted by Crippen LogP contribution is -2.25. The normalized spacial score (nSPS) is 13.9. The summed E-state index contributed by atoms with van der Waals surface area (Å²) in [5.41, 5.74) is 10.1. The van der Waals surface area contributed by atoms with E-state index in [2.05, 4.69) is 0 Å². The molecular weight excluding hydrogens is 242 g/mol. The topological polar surface area (TPSA) is 153 Å². The average molecular weight is 255 g/mol. The maximum Gasteiger partial charge on any atom is 0.292 e. The molecule has 1 aromatic rings. The quantitative estimate of drug-likeness (QED) is 0.314. The number of hydrogen-bond acceptors (Lipinski definition) is 6. The van der Waals surface area contributed by atoms with Crippen LogP contribution in [-0.4, -0.2) is 27.1 Å². The van der Waals surface area contributed by atoms with Gasteiger partial charge in [0.15, 0.2) is 0 Å². The Morgan fingerprint density at radius 1 is 1.44 bits per heavy atom. The molecular formula is C10H13N3O5. The molecule has 8 heteroatoms. The Kier molecular flexibility index (Phi) is 4.18. The van der Waals surface area contributed by atoms with Crippen LogP contribution < -0.4 is 11.5 Å². The predicted molar refractivity (Wildman–Crippen MR) is 62.3 cm³/mol. The third kappa shape index (κ3) is 3.15. The number of aliphatic hydroxyl groups is 2. The number of nitro benzene ring substituents is 1. The van der Waals surface area contributed by atoms with Gasteiger partial charge in [0.25, 0.3) is 5.69 Å². The van der Waals surface area contributed by atoms with Crippen molar-refractivity contribution in [1.82, 2.24) is 0 Å². The number of nitro groups is 1. The van der Waals surface area contributed by atoms with Crippen molar-refractivity contribution in [2.75, 3.05) is 5.73 Å². The first-order valence-electron chi connectivity index (χ1n) is 5.01. The molecule has 1 aromatic carbocycles. The fourth-order valence-corrected chi connectivity index (χ4v) is 1.46.